The third-order valence-electron chi connectivity index (χ3n) is 2.86. The van der Waals surface area contributed by atoms with Gasteiger partial charge in [-0.3, -0.25) is 0 Å². The van der Waals surface area contributed by atoms with Gasteiger partial charge in [-0.1, -0.05) is 43.7 Å². The van der Waals surface area contributed by atoms with Crippen LogP contribution in [0.3, 0.4) is 0 Å². The predicted octanol–water partition coefficient (Wildman–Crippen LogP) is 4.52. The minimum absolute atomic E-state index is 0.621. The first-order chi connectivity index (χ1) is 10.5. The van der Waals surface area contributed by atoms with Gasteiger partial charge in [0.15, 0.2) is 0 Å². The van der Waals surface area contributed by atoms with Crippen LogP contribution in [0.1, 0.15) is 46.6 Å². The monoisotopic (exact) mass is 325 g/mol. The molecule has 0 saturated carbocycles. The van der Waals surface area contributed by atoms with Crippen LogP contribution in [0.2, 0.25) is 6.04 Å². The van der Waals surface area contributed by atoms with E-state index in [-0.39, 0.29) is 0 Å². The number of nitrogens with one attached hydrogen (secondary N) is 1. The summed E-state index contributed by atoms with van der Waals surface area (Å²) in [7, 11) is -2.30. The summed E-state index contributed by atoms with van der Waals surface area (Å²) in [6, 6.07) is 10.6. The lowest BCUT2D eigenvalue weighted by molar-refractivity contribution is 0.0712. The second-order valence-corrected chi connectivity index (χ2v) is 7.46. The molecule has 1 rings (SSSR count). The lowest BCUT2D eigenvalue weighted by Crippen LogP contribution is -2.45. The van der Waals surface area contributed by atoms with Gasteiger partial charge in [-0.25, -0.2) is 0 Å². The van der Waals surface area contributed by atoms with Crippen LogP contribution in [0.4, 0.5) is 0 Å². The number of rotatable bonds is 9. The van der Waals surface area contributed by atoms with Crippen molar-refractivity contribution in [2.45, 2.75) is 47.1 Å². The van der Waals surface area contributed by atoms with Gasteiger partial charge in [0.1, 0.15) is 0 Å². The van der Waals surface area contributed by atoms with Crippen LogP contribution in [0, 0.1) is 5.41 Å². The molecule has 0 radical (unpaired) electrons. The van der Waals surface area contributed by atoms with Crippen molar-refractivity contribution in [1.82, 2.24) is 0 Å². The van der Waals surface area contributed by atoms with E-state index in [2.05, 4.69) is 6.92 Å². The SMILES string of the molecule is CC(=N)c1ccccc1.CCC[Si](OCC)(OCC)OCC. The third-order valence-corrected chi connectivity index (χ3v) is 6.15. The van der Waals surface area contributed by atoms with Crippen molar-refractivity contribution in [2.75, 3.05) is 19.8 Å². The summed E-state index contributed by atoms with van der Waals surface area (Å²) in [5, 5.41) is 7.24. The second-order valence-electron chi connectivity index (χ2n) is 4.72. The topological polar surface area (TPSA) is 51.5 Å². The van der Waals surface area contributed by atoms with E-state index in [4.69, 9.17) is 18.7 Å². The smallest absolute Gasteiger partial charge is 0.374 e. The van der Waals surface area contributed by atoms with Gasteiger partial charge in [0.05, 0.1) is 0 Å². The van der Waals surface area contributed by atoms with Gasteiger partial charge >= 0.3 is 8.80 Å². The highest BCUT2D eigenvalue weighted by Crippen LogP contribution is 2.17. The minimum Gasteiger partial charge on any atom is -0.374 e. The van der Waals surface area contributed by atoms with Crippen molar-refractivity contribution < 1.29 is 13.3 Å². The summed E-state index contributed by atoms with van der Waals surface area (Å²) in [5.74, 6) is 0. The van der Waals surface area contributed by atoms with Gasteiger partial charge in [-0.2, -0.15) is 0 Å². The summed E-state index contributed by atoms with van der Waals surface area (Å²) < 4.78 is 16.9. The molecule has 0 atom stereocenters. The van der Waals surface area contributed by atoms with Crippen LogP contribution in [-0.4, -0.2) is 34.3 Å². The molecule has 0 aliphatic rings. The van der Waals surface area contributed by atoms with E-state index in [1.807, 2.05) is 51.1 Å². The highest BCUT2D eigenvalue weighted by atomic mass is 28.4. The van der Waals surface area contributed by atoms with Crippen LogP contribution in [-0.2, 0) is 13.3 Å². The molecule has 1 N–H and O–H groups in total. The first kappa shape index (κ1) is 21.0. The standard InChI is InChI=1S/C9H22O3Si.C8H9N/c1-5-9-13(10-6-2,11-7-3)12-8-4;1-7(9)8-5-3-2-4-6-8/h5-9H2,1-4H3;2-6,9H,1H3. The Morgan fingerprint density at radius 3 is 1.64 bits per heavy atom. The molecule has 1 aromatic rings. The molecular weight excluding hydrogens is 294 g/mol. The van der Waals surface area contributed by atoms with E-state index in [1.54, 1.807) is 6.92 Å². The number of hydrogen-bond acceptors (Lipinski definition) is 4. The second kappa shape index (κ2) is 12.5. The lowest BCUT2D eigenvalue weighted by atomic mass is 10.1. The Morgan fingerprint density at radius 2 is 1.36 bits per heavy atom. The van der Waals surface area contributed by atoms with Gasteiger partial charge in [0.25, 0.3) is 0 Å². The van der Waals surface area contributed by atoms with Gasteiger partial charge in [-0.05, 0) is 33.3 Å². The molecule has 5 heteroatoms. The van der Waals surface area contributed by atoms with Crippen molar-refractivity contribution in [3.63, 3.8) is 0 Å². The molecule has 0 aliphatic heterocycles. The van der Waals surface area contributed by atoms with Crippen molar-refractivity contribution in [1.29, 1.82) is 5.41 Å². The maximum absolute atomic E-state index is 7.24. The van der Waals surface area contributed by atoms with Crippen molar-refractivity contribution >= 4 is 14.5 Å². The molecule has 0 spiro atoms. The molecule has 4 nitrogen and oxygen atoms in total. The van der Waals surface area contributed by atoms with Crippen molar-refractivity contribution in [2.24, 2.45) is 0 Å². The zero-order valence-electron chi connectivity index (χ0n) is 14.6. The average molecular weight is 326 g/mol. The van der Waals surface area contributed by atoms with E-state index in [0.29, 0.717) is 25.5 Å². The minimum atomic E-state index is -2.30. The maximum Gasteiger partial charge on any atom is 0.500 e. The van der Waals surface area contributed by atoms with Crippen LogP contribution in [0.5, 0.6) is 0 Å². The molecule has 22 heavy (non-hydrogen) atoms. The van der Waals surface area contributed by atoms with E-state index in [9.17, 15) is 0 Å². The highest BCUT2D eigenvalue weighted by molar-refractivity contribution is 6.60. The fourth-order valence-electron chi connectivity index (χ4n) is 2.00. The molecule has 0 aromatic heterocycles. The Morgan fingerprint density at radius 1 is 0.909 bits per heavy atom. The quantitative estimate of drug-likeness (QED) is 0.536. The molecule has 0 saturated heterocycles. The molecule has 0 bridgehead atoms. The van der Waals surface area contributed by atoms with Gasteiger partial charge in [0, 0.05) is 31.6 Å². The first-order valence-corrected chi connectivity index (χ1v) is 10.0. The largest absolute Gasteiger partial charge is 0.500 e. The Balaban J connectivity index is 0.000000425. The number of benzene rings is 1. The van der Waals surface area contributed by atoms with E-state index < -0.39 is 8.80 Å². The summed E-state index contributed by atoms with van der Waals surface area (Å²) in [5.41, 5.74) is 1.62. The molecule has 0 heterocycles. The Labute approximate surface area is 136 Å². The summed E-state index contributed by atoms with van der Waals surface area (Å²) in [6.07, 6.45) is 1.05. The molecule has 0 unspecified atom stereocenters. The van der Waals surface area contributed by atoms with Crippen LogP contribution in [0.15, 0.2) is 30.3 Å². The zero-order chi connectivity index (χ0) is 16.8. The molecule has 1 aromatic carbocycles. The summed E-state index contributed by atoms with van der Waals surface area (Å²) >= 11 is 0. The van der Waals surface area contributed by atoms with Crippen molar-refractivity contribution in [3.05, 3.63) is 35.9 Å². The lowest BCUT2D eigenvalue weighted by Gasteiger charge is -2.27. The third kappa shape index (κ3) is 8.43. The normalized spacial score (nSPS) is 10.8. The van der Waals surface area contributed by atoms with Gasteiger partial charge < -0.3 is 18.7 Å². The maximum atomic E-state index is 7.24. The molecule has 126 valence electrons. The van der Waals surface area contributed by atoms with Crippen molar-refractivity contribution in [3.8, 4) is 0 Å². The molecular formula is C17H31NO3Si. The Bertz CT molecular complexity index is 369. The van der Waals surface area contributed by atoms with Crippen LogP contribution in [0.25, 0.3) is 0 Å². The van der Waals surface area contributed by atoms with E-state index >= 15 is 0 Å². The molecule has 0 aliphatic carbocycles. The Hall–Kier alpha value is -1.01. The van der Waals surface area contributed by atoms with E-state index in [1.165, 1.54) is 0 Å². The van der Waals surface area contributed by atoms with Crippen LogP contribution < -0.4 is 0 Å². The predicted molar refractivity (Wildman–Crippen MR) is 94.7 cm³/mol. The zero-order valence-corrected chi connectivity index (χ0v) is 15.6. The fraction of sp³-hybridized carbons (Fsp3) is 0.588. The summed E-state index contributed by atoms with van der Waals surface area (Å²) in [6.45, 7) is 11.9. The number of hydrogen-bond donors (Lipinski definition) is 1. The van der Waals surface area contributed by atoms with Gasteiger partial charge in [0.2, 0.25) is 0 Å². The van der Waals surface area contributed by atoms with E-state index in [0.717, 1.165) is 18.0 Å². The van der Waals surface area contributed by atoms with Crippen LogP contribution >= 0.6 is 0 Å². The summed E-state index contributed by atoms with van der Waals surface area (Å²) in [4.78, 5) is 0. The Kier molecular flexibility index (Phi) is 11.9. The van der Waals surface area contributed by atoms with Gasteiger partial charge in [-0.15, -0.1) is 0 Å². The fourth-order valence-corrected chi connectivity index (χ4v) is 4.61. The first-order valence-electron chi connectivity index (χ1n) is 8.07. The highest BCUT2D eigenvalue weighted by Gasteiger charge is 2.38. The average Bonchev–Trinajstić information content (AvgIpc) is 2.50. The molecule has 0 fully saturated rings. The molecule has 0 amide bonds.